The standard InChI is InChI=1S/C14H20ClN3O3/c1-3-5-8-17(4-2)10-14(19)16-13-7-6-11(18(20)21)9-12(13)15/h6-7,9H,3-5,8,10H2,1-2H3,(H,16,19). The minimum Gasteiger partial charge on any atom is -0.324 e. The minimum atomic E-state index is -0.527. The second-order valence-corrected chi connectivity index (χ2v) is 5.10. The van der Waals surface area contributed by atoms with Crippen LogP contribution in [0, 0.1) is 10.1 Å². The molecule has 7 heteroatoms. The number of nitro benzene ring substituents is 1. The van der Waals surface area contributed by atoms with E-state index in [-0.39, 0.29) is 23.2 Å². The van der Waals surface area contributed by atoms with Gasteiger partial charge in [0.25, 0.3) is 5.69 Å². The van der Waals surface area contributed by atoms with Crippen LogP contribution in [0.2, 0.25) is 5.02 Å². The van der Waals surface area contributed by atoms with E-state index in [4.69, 9.17) is 11.6 Å². The van der Waals surface area contributed by atoms with Crippen molar-refractivity contribution in [1.29, 1.82) is 0 Å². The van der Waals surface area contributed by atoms with Crippen molar-refractivity contribution in [2.24, 2.45) is 0 Å². The number of anilines is 1. The largest absolute Gasteiger partial charge is 0.324 e. The second kappa shape index (κ2) is 8.59. The van der Waals surface area contributed by atoms with Crippen LogP contribution in [0.15, 0.2) is 18.2 Å². The molecule has 21 heavy (non-hydrogen) atoms. The Morgan fingerprint density at radius 2 is 2.14 bits per heavy atom. The van der Waals surface area contributed by atoms with E-state index in [0.29, 0.717) is 5.69 Å². The number of nitro groups is 1. The maximum atomic E-state index is 12.0. The van der Waals surface area contributed by atoms with Crippen LogP contribution in [0.1, 0.15) is 26.7 Å². The van der Waals surface area contributed by atoms with Gasteiger partial charge in [-0.3, -0.25) is 19.8 Å². The fraction of sp³-hybridized carbons (Fsp3) is 0.500. The number of hydrogen-bond donors (Lipinski definition) is 1. The average Bonchev–Trinajstić information content (AvgIpc) is 2.45. The Morgan fingerprint density at radius 3 is 2.67 bits per heavy atom. The third-order valence-corrected chi connectivity index (χ3v) is 3.39. The van der Waals surface area contributed by atoms with Crippen LogP contribution in [0.5, 0.6) is 0 Å². The molecule has 0 aliphatic heterocycles. The van der Waals surface area contributed by atoms with Gasteiger partial charge in [0.15, 0.2) is 0 Å². The van der Waals surface area contributed by atoms with Gasteiger partial charge in [-0.2, -0.15) is 0 Å². The Bertz CT molecular complexity index is 508. The molecule has 0 aliphatic rings. The van der Waals surface area contributed by atoms with Crippen LogP contribution in [-0.4, -0.2) is 35.4 Å². The molecular formula is C14H20ClN3O3. The topological polar surface area (TPSA) is 75.5 Å². The monoisotopic (exact) mass is 313 g/mol. The van der Waals surface area contributed by atoms with Crippen molar-refractivity contribution in [3.8, 4) is 0 Å². The van der Waals surface area contributed by atoms with E-state index in [1.807, 2.05) is 11.8 Å². The van der Waals surface area contributed by atoms with E-state index in [1.165, 1.54) is 18.2 Å². The molecule has 0 spiro atoms. The fourth-order valence-corrected chi connectivity index (χ4v) is 2.06. The van der Waals surface area contributed by atoms with E-state index in [0.717, 1.165) is 25.9 Å². The molecule has 0 radical (unpaired) electrons. The average molecular weight is 314 g/mol. The van der Waals surface area contributed by atoms with Gasteiger partial charge in [0, 0.05) is 12.1 Å². The van der Waals surface area contributed by atoms with Crippen LogP contribution in [0.3, 0.4) is 0 Å². The molecule has 116 valence electrons. The fourth-order valence-electron chi connectivity index (χ4n) is 1.84. The van der Waals surface area contributed by atoms with Gasteiger partial charge in [0.1, 0.15) is 0 Å². The number of unbranched alkanes of at least 4 members (excludes halogenated alkanes) is 1. The summed E-state index contributed by atoms with van der Waals surface area (Å²) in [5, 5.41) is 13.5. The smallest absolute Gasteiger partial charge is 0.271 e. The summed E-state index contributed by atoms with van der Waals surface area (Å²) in [6.07, 6.45) is 2.12. The number of carbonyl (C=O) groups is 1. The number of halogens is 1. The molecule has 6 nitrogen and oxygen atoms in total. The summed E-state index contributed by atoms with van der Waals surface area (Å²) in [6, 6.07) is 3.99. The highest BCUT2D eigenvalue weighted by molar-refractivity contribution is 6.34. The molecule has 1 rings (SSSR count). The SMILES string of the molecule is CCCCN(CC)CC(=O)Nc1ccc([N+](=O)[O-])cc1Cl. The lowest BCUT2D eigenvalue weighted by Gasteiger charge is -2.19. The molecule has 0 atom stereocenters. The van der Waals surface area contributed by atoms with E-state index in [2.05, 4.69) is 12.2 Å². The molecule has 1 amide bonds. The van der Waals surface area contributed by atoms with Crippen molar-refractivity contribution in [1.82, 2.24) is 4.90 Å². The van der Waals surface area contributed by atoms with Crippen LogP contribution in [-0.2, 0) is 4.79 Å². The van der Waals surface area contributed by atoms with E-state index in [1.54, 1.807) is 0 Å². The van der Waals surface area contributed by atoms with Crippen molar-refractivity contribution in [3.63, 3.8) is 0 Å². The van der Waals surface area contributed by atoms with Crippen molar-refractivity contribution < 1.29 is 9.72 Å². The zero-order valence-electron chi connectivity index (χ0n) is 12.3. The Balaban J connectivity index is 2.64. The van der Waals surface area contributed by atoms with Gasteiger partial charge < -0.3 is 5.32 Å². The zero-order valence-corrected chi connectivity index (χ0v) is 13.0. The molecule has 1 N–H and O–H groups in total. The summed E-state index contributed by atoms with van der Waals surface area (Å²) >= 11 is 5.94. The number of rotatable bonds is 8. The summed E-state index contributed by atoms with van der Waals surface area (Å²) in [6.45, 7) is 6.05. The first-order chi connectivity index (χ1) is 9.97. The van der Waals surface area contributed by atoms with E-state index in [9.17, 15) is 14.9 Å². The Morgan fingerprint density at radius 1 is 1.43 bits per heavy atom. The molecule has 0 saturated heterocycles. The lowest BCUT2D eigenvalue weighted by molar-refractivity contribution is -0.384. The molecule has 0 saturated carbocycles. The third kappa shape index (κ3) is 5.69. The van der Waals surface area contributed by atoms with Gasteiger partial charge in [-0.25, -0.2) is 0 Å². The predicted octanol–water partition coefficient (Wildman–Crippen LogP) is 3.31. The molecule has 0 aliphatic carbocycles. The van der Waals surface area contributed by atoms with Gasteiger partial charge in [-0.1, -0.05) is 31.9 Å². The maximum absolute atomic E-state index is 12.0. The van der Waals surface area contributed by atoms with Crippen LogP contribution in [0.25, 0.3) is 0 Å². The number of carbonyl (C=O) groups excluding carboxylic acids is 1. The molecule has 0 heterocycles. The molecule has 0 fully saturated rings. The first-order valence-corrected chi connectivity index (χ1v) is 7.31. The number of hydrogen-bond acceptors (Lipinski definition) is 4. The van der Waals surface area contributed by atoms with Gasteiger partial charge in [-0.15, -0.1) is 0 Å². The summed E-state index contributed by atoms with van der Waals surface area (Å²) in [7, 11) is 0. The van der Waals surface area contributed by atoms with E-state index < -0.39 is 4.92 Å². The van der Waals surface area contributed by atoms with Crippen LogP contribution in [0.4, 0.5) is 11.4 Å². The summed E-state index contributed by atoms with van der Waals surface area (Å²) < 4.78 is 0. The van der Waals surface area contributed by atoms with Crippen LogP contribution < -0.4 is 5.32 Å². The van der Waals surface area contributed by atoms with Gasteiger partial charge >= 0.3 is 0 Å². The number of amides is 1. The molecule has 0 unspecified atom stereocenters. The highest BCUT2D eigenvalue weighted by atomic mass is 35.5. The number of benzene rings is 1. The molecule has 0 aromatic heterocycles. The molecule has 0 bridgehead atoms. The Hall–Kier alpha value is -1.66. The lowest BCUT2D eigenvalue weighted by atomic mass is 10.2. The number of nitrogens with zero attached hydrogens (tertiary/aromatic N) is 2. The van der Waals surface area contributed by atoms with Crippen molar-refractivity contribution in [3.05, 3.63) is 33.3 Å². The highest BCUT2D eigenvalue weighted by Gasteiger charge is 2.13. The van der Waals surface area contributed by atoms with Crippen molar-refractivity contribution in [2.45, 2.75) is 26.7 Å². The highest BCUT2D eigenvalue weighted by Crippen LogP contribution is 2.26. The summed E-state index contributed by atoms with van der Waals surface area (Å²) in [4.78, 5) is 24.1. The molecule has 1 aromatic carbocycles. The first kappa shape index (κ1) is 17.4. The summed E-state index contributed by atoms with van der Waals surface area (Å²) in [5.41, 5.74) is 0.287. The molecule has 1 aromatic rings. The molecular weight excluding hydrogens is 294 g/mol. The Labute approximate surface area is 129 Å². The Kier molecular flexibility index (Phi) is 7.11. The van der Waals surface area contributed by atoms with E-state index >= 15 is 0 Å². The number of nitrogens with one attached hydrogen (secondary N) is 1. The van der Waals surface area contributed by atoms with Crippen molar-refractivity contribution >= 4 is 28.9 Å². The second-order valence-electron chi connectivity index (χ2n) is 4.69. The predicted molar refractivity (Wildman–Crippen MR) is 83.8 cm³/mol. The van der Waals surface area contributed by atoms with Gasteiger partial charge in [0.2, 0.25) is 5.91 Å². The van der Waals surface area contributed by atoms with Gasteiger partial charge in [-0.05, 0) is 25.6 Å². The lowest BCUT2D eigenvalue weighted by Crippen LogP contribution is -2.33. The van der Waals surface area contributed by atoms with Crippen molar-refractivity contribution in [2.75, 3.05) is 25.0 Å². The zero-order chi connectivity index (χ0) is 15.8. The number of likely N-dealkylation sites (N-methyl/N-ethyl adjacent to an activating group) is 1. The third-order valence-electron chi connectivity index (χ3n) is 3.08. The first-order valence-electron chi connectivity index (χ1n) is 6.94. The maximum Gasteiger partial charge on any atom is 0.271 e. The normalized spacial score (nSPS) is 10.7. The number of non-ortho nitro benzene ring substituents is 1. The quantitative estimate of drug-likeness (QED) is 0.590. The van der Waals surface area contributed by atoms with Crippen LogP contribution >= 0.6 is 11.6 Å². The minimum absolute atomic E-state index is 0.101. The summed E-state index contributed by atoms with van der Waals surface area (Å²) in [5.74, 6) is -0.177. The van der Waals surface area contributed by atoms with Gasteiger partial charge in [0.05, 0.1) is 22.2 Å².